The summed E-state index contributed by atoms with van der Waals surface area (Å²) in [7, 11) is 0. The van der Waals surface area contributed by atoms with Crippen LogP contribution in [0.3, 0.4) is 0 Å². The highest BCUT2D eigenvalue weighted by Gasteiger charge is 2.07. The zero-order valence-corrected chi connectivity index (χ0v) is 10.7. The van der Waals surface area contributed by atoms with Gasteiger partial charge in [0.25, 0.3) is 5.56 Å². The van der Waals surface area contributed by atoms with Crippen LogP contribution in [0.5, 0.6) is 0 Å². The summed E-state index contributed by atoms with van der Waals surface area (Å²) in [5.41, 5.74) is 5.24. The molecule has 0 bridgehead atoms. The molecule has 0 amide bonds. The number of nitrogens with two attached hydrogens (primary N) is 1. The van der Waals surface area contributed by atoms with Crippen LogP contribution in [0.2, 0.25) is 0 Å². The molecule has 0 aliphatic rings. The Labute approximate surface area is 109 Å². The van der Waals surface area contributed by atoms with Crippen molar-refractivity contribution in [2.24, 2.45) is 0 Å². The average Bonchev–Trinajstić information content (AvgIpc) is 2.32. The van der Waals surface area contributed by atoms with E-state index in [9.17, 15) is 14.0 Å². The van der Waals surface area contributed by atoms with Crippen LogP contribution in [0.25, 0.3) is 0 Å². The molecule has 0 atom stereocenters. The van der Waals surface area contributed by atoms with Crippen molar-refractivity contribution >= 4 is 21.6 Å². The van der Waals surface area contributed by atoms with Gasteiger partial charge in [0.05, 0.1) is 12.7 Å². The van der Waals surface area contributed by atoms with E-state index in [0.29, 0.717) is 15.7 Å². The van der Waals surface area contributed by atoms with Crippen molar-refractivity contribution in [3.63, 3.8) is 0 Å². The third-order valence-electron chi connectivity index (χ3n) is 2.42. The number of halogens is 2. The van der Waals surface area contributed by atoms with Crippen LogP contribution >= 0.6 is 15.9 Å². The van der Waals surface area contributed by atoms with E-state index in [-0.39, 0.29) is 6.54 Å². The Morgan fingerprint density at radius 3 is 2.83 bits per heavy atom. The number of hydrogen-bond acceptors (Lipinski definition) is 3. The highest BCUT2D eigenvalue weighted by molar-refractivity contribution is 9.10. The maximum absolute atomic E-state index is 13.1. The molecule has 0 fully saturated rings. The average molecular weight is 314 g/mol. The van der Waals surface area contributed by atoms with Crippen LogP contribution in [0.15, 0.2) is 38.5 Å². The lowest BCUT2D eigenvalue weighted by atomic mass is 10.2. The number of H-pyrrole nitrogens is 1. The molecule has 0 saturated carbocycles. The molecule has 0 unspecified atom stereocenters. The first-order chi connectivity index (χ1) is 8.49. The van der Waals surface area contributed by atoms with Crippen LogP contribution in [-0.4, -0.2) is 9.55 Å². The Morgan fingerprint density at radius 2 is 2.11 bits per heavy atom. The number of benzene rings is 1. The fourth-order valence-electron chi connectivity index (χ4n) is 1.51. The molecule has 3 N–H and O–H groups in total. The third kappa shape index (κ3) is 2.35. The lowest BCUT2D eigenvalue weighted by Crippen LogP contribution is -2.31. The maximum Gasteiger partial charge on any atom is 0.328 e. The molecule has 0 saturated heterocycles. The molecule has 0 radical (unpaired) electrons. The molecule has 2 rings (SSSR count). The molecule has 2 aromatic rings. The second-order valence-electron chi connectivity index (χ2n) is 3.68. The monoisotopic (exact) mass is 313 g/mol. The van der Waals surface area contributed by atoms with Crippen LogP contribution in [0.1, 0.15) is 5.56 Å². The van der Waals surface area contributed by atoms with Crippen molar-refractivity contribution in [2.75, 3.05) is 5.73 Å². The third-order valence-corrected chi connectivity index (χ3v) is 3.38. The summed E-state index contributed by atoms with van der Waals surface area (Å²) in [5.74, 6) is -1.00. The Bertz CT molecular complexity index is 708. The molecule has 7 heteroatoms. The minimum atomic E-state index is -1.03. The summed E-state index contributed by atoms with van der Waals surface area (Å²) in [6, 6.07) is 5.17. The van der Waals surface area contributed by atoms with E-state index < -0.39 is 17.1 Å². The van der Waals surface area contributed by atoms with Gasteiger partial charge in [-0.3, -0.25) is 14.3 Å². The Morgan fingerprint density at radius 1 is 1.39 bits per heavy atom. The van der Waals surface area contributed by atoms with Gasteiger partial charge in [-0.15, -0.1) is 0 Å². The van der Waals surface area contributed by atoms with Gasteiger partial charge >= 0.3 is 5.69 Å². The molecule has 0 aliphatic carbocycles. The molecular weight excluding hydrogens is 305 g/mol. The van der Waals surface area contributed by atoms with Gasteiger partial charge in [0.2, 0.25) is 5.82 Å². The standard InChI is InChI=1S/C11H9BrFN3O2/c12-9-6(2-1-3-8(9)14)4-16-5-7(13)10(17)15-11(16)18/h1-3,5H,4,14H2,(H,15,17,18). The number of hydrogen-bond donors (Lipinski definition) is 2. The molecule has 94 valence electrons. The van der Waals surface area contributed by atoms with Gasteiger partial charge in [0, 0.05) is 10.2 Å². The SMILES string of the molecule is Nc1cccc(Cn2cc(F)c(=O)[nH]c2=O)c1Br. The highest BCUT2D eigenvalue weighted by atomic mass is 79.9. The van der Waals surface area contributed by atoms with Gasteiger partial charge in [0.1, 0.15) is 0 Å². The molecular formula is C11H9BrFN3O2. The fraction of sp³-hybridized carbons (Fsp3) is 0.0909. The topological polar surface area (TPSA) is 80.9 Å². The number of nitrogen functional groups attached to an aromatic ring is 1. The van der Waals surface area contributed by atoms with Gasteiger partial charge < -0.3 is 5.73 Å². The zero-order chi connectivity index (χ0) is 13.3. The molecule has 5 nitrogen and oxygen atoms in total. The van der Waals surface area contributed by atoms with Gasteiger partial charge in [-0.2, -0.15) is 4.39 Å². The number of rotatable bonds is 2. The van der Waals surface area contributed by atoms with Crippen molar-refractivity contribution in [2.45, 2.75) is 6.54 Å². The summed E-state index contributed by atoms with van der Waals surface area (Å²) < 4.78 is 14.8. The van der Waals surface area contributed by atoms with Crippen molar-refractivity contribution in [3.8, 4) is 0 Å². The first-order valence-corrected chi connectivity index (χ1v) is 5.80. The van der Waals surface area contributed by atoms with Crippen LogP contribution in [0, 0.1) is 5.82 Å². The predicted octanol–water partition coefficient (Wildman–Crippen LogP) is 1.07. The quantitative estimate of drug-likeness (QED) is 0.814. The second-order valence-corrected chi connectivity index (χ2v) is 4.48. The van der Waals surface area contributed by atoms with E-state index in [4.69, 9.17) is 5.73 Å². The summed E-state index contributed by atoms with van der Waals surface area (Å²) in [6.07, 6.45) is 0.872. The predicted molar refractivity (Wildman–Crippen MR) is 68.9 cm³/mol. The lowest BCUT2D eigenvalue weighted by Gasteiger charge is -2.08. The number of anilines is 1. The van der Waals surface area contributed by atoms with E-state index >= 15 is 0 Å². The summed E-state index contributed by atoms with van der Waals surface area (Å²) in [5, 5.41) is 0. The molecule has 1 heterocycles. The summed E-state index contributed by atoms with van der Waals surface area (Å²) in [4.78, 5) is 24.3. The van der Waals surface area contributed by atoms with Gasteiger partial charge in [-0.1, -0.05) is 12.1 Å². The fourth-order valence-corrected chi connectivity index (χ4v) is 1.90. The number of aromatic amines is 1. The van der Waals surface area contributed by atoms with E-state index in [1.807, 2.05) is 4.98 Å². The van der Waals surface area contributed by atoms with Crippen molar-refractivity contribution in [1.82, 2.24) is 9.55 Å². The van der Waals surface area contributed by atoms with Crippen molar-refractivity contribution < 1.29 is 4.39 Å². The van der Waals surface area contributed by atoms with E-state index in [0.717, 1.165) is 10.8 Å². The highest BCUT2D eigenvalue weighted by Crippen LogP contribution is 2.23. The first-order valence-electron chi connectivity index (χ1n) is 5.01. The number of nitrogens with zero attached hydrogens (tertiary/aromatic N) is 1. The zero-order valence-electron chi connectivity index (χ0n) is 9.11. The second kappa shape index (κ2) is 4.77. The molecule has 1 aromatic carbocycles. The normalized spacial score (nSPS) is 10.6. The smallest absolute Gasteiger partial charge is 0.328 e. The number of aromatic nitrogens is 2. The Balaban J connectivity index is 2.47. The van der Waals surface area contributed by atoms with Crippen molar-refractivity contribution in [1.29, 1.82) is 0 Å². The summed E-state index contributed by atoms with van der Waals surface area (Å²) in [6.45, 7) is 0.109. The molecule has 18 heavy (non-hydrogen) atoms. The van der Waals surface area contributed by atoms with Gasteiger partial charge in [-0.05, 0) is 27.6 Å². The van der Waals surface area contributed by atoms with Gasteiger partial charge in [-0.25, -0.2) is 4.79 Å². The first kappa shape index (κ1) is 12.6. The molecule has 0 spiro atoms. The lowest BCUT2D eigenvalue weighted by molar-refractivity contribution is 0.566. The molecule has 0 aliphatic heterocycles. The van der Waals surface area contributed by atoms with Crippen LogP contribution < -0.4 is 17.0 Å². The largest absolute Gasteiger partial charge is 0.398 e. The number of nitrogens with one attached hydrogen (secondary N) is 1. The Hall–Kier alpha value is -1.89. The summed E-state index contributed by atoms with van der Waals surface area (Å²) >= 11 is 3.29. The van der Waals surface area contributed by atoms with Crippen molar-refractivity contribution in [3.05, 3.63) is 61.1 Å². The maximum atomic E-state index is 13.1. The van der Waals surface area contributed by atoms with Crippen LogP contribution in [0.4, 0.5) is 10.1 Å². The van der Waals surface area contributed by atoms with E-state index in [2.05, 4.69) is 15.9 Å². The molecule has 1 aromatic heterocycles. The van der Waals surface area contributed by atoms with Crippen LogP contribution in [-0.2, 0) is 6.54 Å². The minimum Gasteiger partial charge on any atom is -0.398 e. The van der Waals surface area contributed by atoms with E-state index in [1.165, 1.54) is 0 Å². The minimum absolute atomic E-state index is 0.109. The van der Waals surface area contributed by atoms with Gasteiger partial charge in [0.15, 0.2) is 0 Å². The van der Waals surface area contributed by atoms with E-state index in [1.54, 1.807) is 18.2 Å². The Kier molecular flexibility index (Phi) is 3.33.